The lowest BCUT2D eigenvalue weighted by molar-refractivity contribution is -0.142. The highest BCUT2D eigenvalue weighted by Gasteiger charge is 2.31. The monoisotopic (exact) mass is 532 g/mol. The second-order valence-electron chi connectivity index (χ2n) is 9.51. The number of carboxylic acid groups (broad SMARTS) is 1. The molecule has 13 heteroatoms. The van der Waals surface area contributed by atoms with E-state index in [-0.39, 0.29) is 31.6 Å². The van der Waals surface area contributed by atoms with E-state index in [0.29, 0.717) is 5.56 Å². The summed E-state index contributed by atoms with van der Waals surface area (Å²) in [6.07, 6.45) is 1.42. The molecule has 0 spiro atoms. The average molecular weight is 533 g/mol. The van der Waals surface area contributed by atoms with Gasteiger partial charge in [-0.3, -0.25) is 19.2 Å². The van der Waals surface area contributed by atoms with E-state index in [1.165, 1.54) is 0 Å². The fraction of sp³-hybridized carbons (Fsp3) is 0.480. The van der Waals surface area contributed by atoms with Crippen LogP contribution in [0.25, 0.3) is 10.9 Å². The minimum atomic E-state index is -1.41. The molecule has 38 heavy (non-hydrogen) atoms. The number of primary amides is 1. The van der Waals surface area contributed by atoms with Gasteiger partial charge in [-0.25, -0.2) is 4.79 Å². The molecule has 0 aliphatic rings. The summed E-state index contributed by atoms with van der Waals surface area (Å²) in [5.74, 6) is -4.31. The predicted molar refractivity (Wildman–Crippen MR) is 138 cm³/mol. The Morgan fingerprint density at radius 3 is 2.16 bits per heavy atom. The quantitative estimate of drug-likeness (QED) is 0.140. The number of para-hydroxylation sites is 1. The number of amides is 4. The van der Waals surface area contributed by atoms with Gasteiger partial charge in [-0.2, -0.15) is 0 Å². The van der Waals surface area contributed by atoms with Crippen LogP contribution in [0.4, 0.5) is 0 Å². The second kappa shape index (κ2) is 14.1. The molecule has 13 nitrogen and oxygen atoms in total. The van der Waals surface area contributed by atoms with E-state index in [1.807, 2.05) is 38.1 Å². The van der Waals surface area contributed by atoms with Crippen molar-refractivity contribution < 1.29 is 34.2 Å². The van der Waals surface area contributed by atoms with Crippen LogP contribution in [-0.2, 0) is 30.4 Å². The highest BCUT2D eigenvalue weighted by Crippen LogP contribution is 2.19. The summed E-state index contributed by atoms with van der Waals surface area (Å²) < 4.78 is 0. The minimum absolute atomic E-state index is 0.00223. The molecular formula is C25H36N6O7. The van der Waals surface area contributed by atoms with Crippen LogP contribution in [0, 0.1) is 5.92 Å². The average Bonchev–Trinajstić information content (AvgIpc) is 3.27. The SMILES string of the molecule is CC(C)CC(NC(=O)C(N)CO)C(=O)NC(Cc1c[nH]c2ccccc12)C(=O)NC(CCC(N)=O)C(=O)O. The van der Waals surface area contributed by atoms with Crippen molar-refractivity contribution in [2.45, 2.75) is 63.7 Å². The van der Waals surface area contributed by atoms with Gasteiger partial charge in [0.1, 0.15) is 24.2 Å². The first-order valence-corrected chi connectivity index (χ1v) is 12.3. The summed E-state index contributed by atoms with van der Waals surface area (Å²) in [6, 6.07) is 2.39. The van der Waals surface area contributed by atoms with Crippen molar-refractivity contribution >= 4 is 40.5 Å². The number of aliphatic carboxylic acids is 1. The largest absolute Gasteiger partial charge is 0.480 e. The molecule has 4 atom stereocenters. The Labute approximate surface area is 219 Å². The molecule has 1 heterocycles. The first-order chi connectivity index (χ1) is 17.9. The number of aromatic amines is 1. The van der Waals surface area contributed by atoms with Gasteiger partial charge < -0.3 is 42.6 Å². The number of benzene rings is 1. The normalized spacial score (nSPS) is 14.3. The van der Waals surface area contributed by atoms with E-state index in [2.05, 4.69) is 20.9 Å². The summed E-state index contributed by atoms with van der Waals surface area (Å²) >= 11 is 0. The van der Waals surface area contributed by atoms with Gasteiger partial charge in [0.15, 0.2) is 0 Å². The topological polar surface area (TPSA) is 230 Å². The zero-order chi connectivity index (χ0) is 28.4. The first-order valence-electron chi connectivity index (χ1n) is 12.3. The molecule has 1 aromatic carbocycles. The van der Waals surface area contributed by atoms with Crippen molar-refractivity contribution in [2.24, 2.45) is 17.4 Å². The van der Waals surface area contributed by atoms with Gasteiger partial charge in [0.2, 0.25) is 23.6 Å². The predicted octanol–water partition coefficient (Wildman–Crippen LogP) is -1.12. The maximum absolute atomic E-state index is 13.3. The van der Waals surface area contributed by atoms with Gasteiger partial charge in [0, 0.05) is 29.9 Å². The van der Waals surface area contributed by atoms with E-state index in [0.717, 1.165) is 10.9 Å². The molecule has 4 unspecified atom stereocenters. The zero-order valence-electron chi connectivity index (χ0n) is 21.4. The molecule has 0 bridgehead atoms. The van der Waals surface area contributed by atoms with Crippen LogP contribution in [-0.4, -0.2) is 75.6 Å². The van der Waals surface area contributed by atoms with Gasteiger partial charge >= 0.3 is 5.97 Å². The molecule has 0 saturated carbocycles. The summed E-state index contributed by atoms with van der Waals surface area (Å²) in [6.45, 7) is 3.06. The third kappa shape index (κ3) is 8.85. The molecule has 208 valence electrons. The fourth-order valence-corrected chi connectivity index (χ4v) is 3.88. The molecule has 1 aromatic heterocycles. The van der Waals surface area contributed by atoms with Crippen LogP contribution in [0.2, 0.25) is 0 Å². The number of hydrogen-bond donors (Lipinski definition) is 8. The Balaban J connectivity index is 2.32. The maximum Gasteiger partial charge on any atom is 0.326 e. The zero-order valence-corrected chi connectivity index (χ0v) is 21.4. The van der Waals surface area contributed by atoms with Crippen molar-refractivity contribution in [1.82, 2.24) is 20.9 Å². The Bertz CT molecular complexity index is 1150. The first kappa shape index (κ1) is 30.3. The smallest absolute Gasteiger partial charge is 0.326 e. The van der Waals surface area contributed by atoms with Crippen LogP contribution in [0.3, 0.4) is 0 Å². The fourth-order valence-electron chi connectivity index (χ4n) is 3.88. The number of nitrogens with one attached hydrogen (secondary N) is 4. The summed E-state index contributed by atoms with van der Waals surface area (Å²) in [7, 11) is 0. The molecule has 0 saturated heterocycles. The molecule has 4 amide bonds. The Kier molecular flexibility index (Phi) is 11.2. The van der Waals surface area contributed by atoms with Crippen LogP contribution < -0.4 is 27.4 Å². The van der Waals surface area contributed by atoms with Crippen LogP contribution in [0.15, 0.2) is 30.5 Å². The summed E-state index contributed by atoms with van der Waals surface area (Å²) in [5, 5.41) is 27.0. The highest BCUT2D eigenvalue weighted by molar-refractivity contribution is 5.95. The summed E-state index contributed by atoms with van der Waals surface area (Å²) in [4.78, 5) is 64.7. The number of fused-ring (bicyclic) bond motifs is 1. The number of nitrogens with two attached hydrogens (primary N) is 2. The lowest BCUT2D eigenvalue weighted by Gasteiger charge is -2.26. The lowest BCUT2D eigenvalue weighted by atomic mass is 10.00. The van der Waals surface area contributed by atoms with E-state index in [1.54, 1.807) is 6.20 Å². The van der Waals surface area contributed by atoms with Crippen molar-refractivity contribution in [1.29, 1.82) is 0 Å². The summed E-state index contributed by atoms with van der Waals surface area (Å²) in [5.41, 5.74) is 12.2. The molecule has 2 aromatic rings. The van der Waals surface area contributed by atoms with Crippen molar-refractivity contribution in [3.05, 3.63) is 36.0 Å². The number of aliphatic hydroxyl groups excluding tert-OH is 1. The molecule has 10 N–H and O–H groups in total. The highest BCUT2D eigenvalue weighted by atomic mass is 16.4. The van der Waals surface area contributed by atoms with Gasteiger partial charge in [-0.1, -0.05) is 32.0 Å². The number of carboxylic acids is 1. The number of aliphatic hydroxyl groups is 1. The Morgan fingerprint density at radius 1 is 0.947 bits per heavy atom. The van der Waals surface area contributed by atoms with E-state index >= 15 is 0 Å². The number of aromatic nitrogens is 1. The number of rotatable bonds is 15. The number of carbonyl (C=O) groups excluding carboxylic acids is 4. The second-order valence-corrected chi connectivity index (χ2v) is 9.51. The van der Waals surface area contributed by atoms with Gasteiger partial charge in [-0.15, -0.1) is 0 Å². The van der Waals surface area contributed by atoms with E-state index < -0.39 is 60.4 Å². The van der Waals surface area contributed by atoms with Crippen molar-refractivity contribution in [2.75, 3.05) is 6.61 Å². The number of hydrogen-bond acceptors (Lipinski definition) is 7. The van der Waals surface area contributed by atoms with E-state index in [4.69, 9.17) is 11.5 Å². The van der Waals surface area contributed by atoms with Gasteiger partial charge in [0.05, 0.1) is 6.61 Å². The van der Waals surface area contributed by atoms with Crippen molar-refractivity contribution in [3.8, 4) is 0 Å². The molecule has 0 aliphatic heterocycles. The Hall–Kier alpha value is -3.97. The lowest BCUT2D eigenvalue weighted by Crippen LogP contribution is -2.58. The third-order valence-corrected chi connectivity index (χ3v) is 5.90. The maximum atomic E-state index is 13.3. The van der Waals surface area contributed by atoms with Gasteiger partial charge in [-0.05, 0) is 30.4 Å². The molecule has 2 rings (SSSR count). The molecule has 0 radical (unpaired) electrons. The van der Waals surface area contributed by atoms with Crippen LogP contribution >= 0.6 is 0 Å². The van der Waals surface area contributed by atoms with E-state index in [9.17, 15) is 34.2 Å². The standard InChI is InChI=1S/C25H36N6O7/c1-13(2)9-19(30-22(34)16(26)12-32)23(35)31-20(10-14-11-28-17-6-4-3-5-15(14)17)24(36)29-18(25(37)38)7-8-21(27)33/h3-6,11,13,16,18-20,28,32H,7-10,12,26H2,1-2H3,(H2,27,33)(H,29,36)(H,30,34)(H,31,35)(H,37,38). The minimum Gasteiger partial charge on any atom is -0.480 e. The molecular weight excluding hydrogens is 496 g/mol. The van der Waals surface area contributed by atoms with Crippen molar-refractivity contribution in [3.63, 3.8) is 0 Å². The number of carbonyl (C=O) groups is 5. The molecule has 0 fully saturated rings. The number of H-pyrrole nitrogens is 1. The van der Waals surface area contributed by atoms with Crippen LogP contribution in [0.1, 0.15) is 38.7 Å². The third-order valence-electron chi connectivity index (χ3n) is 5.90. The van der Waals surface area contributed by atoms with Crippen LogP contribution in [0.5, 0.6) is 0 Å². The Morgan fingerprint density at radius 2 is 1.55 bits per heavy atom. The van der Waals surface area contributed by atoms with Gasteiger partial charge in [0.25, 0.3) is 0 Å². The molecule has 0 aliphatic carbocycles.